The quantitative estimate of drug-likeness (QED) is 0.687. The highest BCUT2D eigenvalue weighted by Gasteiger charge is 2.34. The summed E-state index contributed by atoms with van der Waals surface area (Å²) < 4.78 is 38.3. The summed E-state index contributed by atoms with van der Waals surface area (Å²) in [6, 6.07) is 0.709. The average Bonchev–Trinajstić information content (AvgIpc) is 2.86. The summed E-state index contributed by atoms with van der Waals surface area (Å²) in [4.78, 5) is 17.9. The highest BCUT2D eigenvalue weighted by molar-refractivity contribution is 5.53. The van der Waals surface area contributed by atoms with Gasteiger partial charge in [-0.25, -0.2) is 9.67 Å². The van der Waals surface area contributed by atoms with Crippen LogP contribution in [0.4, 0.5) is 24.8 Å². The molecule has 0 unspecified atom stereocenters. The molecule has 0 aliphatic heterocycles. The van der Waals surface area contributed by atoms with Crippen molar-refractivity contribution < 1.29 is 18.1 Å². The van der Waals surface area contributed by atoms with Gasteiger partial charge in [0.2, 0.25) is 11.8 Å². The molecule has 0 aliphatic rings. The molecule has 2 aromatic rings. The van der Waals surface area contributed by atoms with E-state index in [0.717, 1.165) is 6.20 Å². The van der Waals surface area contributed by atoms with Crippen molar-refractivity contribution in [3.05, 3.63) is 33.8 Å². The van der Waals surface area contributed by atoms with E-state index in [1.165, 1.54) is 14.0 Å². The van der Waals surface area contributed by atoms with Crippen LogP contribution in [-0.2, 0) is 6.18 Å². The molecular formula is C10H9F3N6O2. The van der Waals surface area contributed by atoms with Crippen molar-refractivity contribution in [1.82, 2.24) is 19.7 Å². The van der Waals surface area contributed by atoms with Crippen molar-refractivity contribution in [1.29, 1.82) is 0 Å². The number of hydrogen-bond donors (Lipinski definition) is 1. The van der Waals surface area contributed by atoms with Crippen molar-refractivity contribution >= 4 is 11.6 Å². The van der Waals surface area contributed by atoms with E-state index in [1.807, 2.05) is 0 Å². The third-order valence-corrected chi connectivity index (χ3v) is 2.54. The van der Waals surface area contributed by atoms with Crippen molar-refractivity contribution in [2.45, 2.75) is 13.1 Å². The van der Waals surface area contributed by atoms with Crippen molar-refractivity contribution in [3.63, 3.8) is 0 Å². The molecule has 0 aromatic carbocycles. The molecule has 2 rings (SSSR count). The Labute approximate surface area is 115 Å². The zero-order valence-electron chi connectivity index (χ0n) is 10.8. The van der Waals surface area contributed by atoms with E-state index >= 15 is 0 Å². The molecule has 2 aromatic heterocycles. The first-order chi connectivity index (χ1) is 9.74. The maximum Gasteiger partial charge on any atom is 0.435 e. The van der Waals surface area contributed by atoms with Crippen molar-refractivity contribution in [3.8, 4) is 5.82 Å². The van der Waals surface area contributed by atoms with Crippen LogP contribution in [0.2, 0.25) is 0 Å². The molecule has 0 spiro atoms. The lowest BCUT2D eigenvalue weighted by molar-refractivity contribution is -0.385. The van der Waals surface area contributed by atoms with Crippen LogP contribution in [0.5, 0.6) is 0 Å². The lowest BCUT2D eigenvalue weighted by Crippen LogP contribution is -2.12. The first-order valence-electron chi connectivity index (χ1n) is 5.58. The standard InChI is InChI=1S/C10H9F3N6O2/c1-5-7(19(20)21)8(16-9(14-2)15-5)18-4-3-6(17-18)10(11,12)13/h3-4H,1-2H3,(H,14,15,16). The van der Waals surface area contributed by atoms with Crippen molar-refractivity contribution in [2.24, 2.45) is 0 Å². The number of halogens is 3. The minimum atomic E-state index is -4.64. The molecule has 0 aliphatic carbocycles. The van der Waals surface area contributed by atoms with Crippen LogP contribution in [0.15, 0.2) is 12.3 Å². The number of rotatable bonds is 3. The van der Waals surface area contributed by atoms with Gasteiger partial charge in [-0.05, 0) is 13.0 Å². The van der Waals surface area contributed by atoms with Crippen LogP contribution in [0.3, 0.4) is 0 Å². The van der Waals surface area contributed by atoms with Gasteiger partial charge in [-0.3, -0.25) is 10.1 Å². The Morgan fingerprint density at radius 1 is 1.38 bits per heavy atom. The number of aryl methyl sites for hydroxylation is 1. The minimum Gasteiger partial charge on any atom is -0.357 e. The van der Waals surface area contributed by atoms with Gasteiger partial charge in [-0.15, -0.1) is 0 Å². The number of aromatic nitrogens is 4. The van der Waals surface area contributed by atoms with Gasteiger partial charge in [-0.1, -0.05) is 0 Å². The summed E-state index contributed by atoms with van der Waals surface area (Å²) in [5, 5.41) is 16.9. The Morgan fingerprint density at radius 2 is 2.05 bits per heavy atom. The van der Waals surface area contributed by atoms with Crippen LogP contribution in [0.1, 0.15) is 11.4 Å². The van der Waals surface area contributed by atoms with Gasteiger partial charge in [0.15, 0.2) is 5.69 Å². The van der Waals surface area contributed by atoms with E-state index in [4.69, 9.17) is 0 Å². The normalized spacial score (nSPS) is 11.5. The van der Waals surface area contributed by atoms with Gasteiger partial charge in [0, 0.05) is 13.2 Å². The second kappa shape index (κ2) is 5.00. The third kappa shape index (κ3) is 2.75. The van der Waals surface area contributed by atoms with E-state index < -0.39 is 22.5 Å². The number of hydrogen-bond acceptors (Lipinski definition) is 6. The molecule has 0 radical (unpaired) electrons. The van der Waals surface area contributed by atoms with Gasteiger partial charge >= 0.3 is 11.9 Å². The summed E-state index contributed by atoms with van der Waals surface area (Å²) in [5.41, 5.74) is -1.66. The van der Waals surface area contributed by atoms with Crippen LogP contribution in [0, 0.1) is 17.0 Å². The molecule has 0 amide bonds. The molecule has 0 atom stereocenters. The molecule has 112 valence electrons. The zero-order chi connectivity index (χ0) is 15.8. The van der Waals surface area contributed by atoms with Gasteiger partial charge < -0.3 is 5.32 Å². The molecule has 0 fully saturated rings. The van der Waals surface area contributed by atoms with Gasteiger partial charge in [0.25, 0.3) is 0 Å². The topological polar surface area (TPSA) is 98.8 Å². The smallest absolute Gasteiger partial charge is 0.357 e. The molecule has 8 nitrogen and oxygen atoms in total. The summed E-state index contributed by atoms with van der Waals surface area (Å²) in [6.07, 6.45) is -3.69. The second-order valence-electron chi connectivity index (χ2n) is 3.96. The Balaban J connectivity index is 2.64. The number of nitro groups is 1. The number of nitrogens with zero attached hydrogens (tertiary/aromatic N) is 5. The molecule has 21 heavy (non-hydrogen) atoms. The SMILES string of the molecule is CNc1nc(C)c([N+](=O)[O-])c(-n2ccc(C(F)(F)F)n2)n1. The van der Waals surface area contributed by atoms with Crippen LogP contribution < -0.4 is 5.32 Å². The molecule has 11 heteroatoms. The Kier molecular flexibility index (Phi) is 3.49. The average molecular weight is 302 g/mol. The first-order valence-corrected chi connectivity index (χ1v) is 5.58. The van der Waals surface area contributed by atoms with Crippen LogP contribution in [-0.4, -0.2) is 31.7 Å². The molecule has 1 N–H and O–H groups in total. The molecule has 0 saturated carbocycles. The van der Waals surface area contributed by atoms with E-state index in [1.54, 1.807) is 0 Å². The van der Waals surface area contributed by atoms with Gasteiger partial charge in [0.1, 0.15) is 5.69 Å². The Morgan fingerprint density at radius 3 is 2.52 bits per heavy atom. The summed E-state index contributed by atoms with van der Waals surface area (Å²) in [6.45, 7) is 1.36. The van der Waals surface area contributed by atoms with E-state index in [2.05, 4.69) is 20.4 Å². The van der Waals surface area contributed by atoms with Crippen LogP contribution in [0.25, 0.3) is 5.82 Å². The number of nitrogens with one attached hydrogen (secondary N) is 1. The fourth-order valence-corrected chi connectivity index (χ4v) is 1.63. The fourth-order valence-electron chi connectivity index (χ4n) is 1.63. The minimum absolute atomic E-state index is 0.0124. The lowest BCUT2D eigenvalue weighted by atomic mass is 10.3. The Hall–Kier alpha value is -2.72. The Bertz CT molecular complexity index is 697. The molecule has 0 bridgehead atoms. The molecule has 0 saturated heterocycles. The molecule has 2 heterocycles. The maximum absolute atomic E-state index is 12.5. The maximum atomic E-state index is 12.5. The highest BCUT2D eigenvalue weighted by Crippen LogP contribution is 2.30. The largest absolute Gasteiger partial charge is 0.435 e. The van der Waals surface area contributed by atoms with Crippen LogP contribution >= 0.6 is 0 Å². The summed E-state index contributed by atoms with van der Waals surface area (Å²) in [7, 11) is 1.48. The first kappa shape index (κ1) is 14.7. The fraction of sp³-hybridized carbons (Fsp3) is 0.300. The number of anilines is 1. The second-order valence-corrected chi connectivity index (χ2v) is 3.96. The van der Waals surface area contributed by atoms with E-state index in [9.17, 15) is 23.3 Å². The van der Waals surface area contributed by atoms with E-state index in [-0.39, 0.29) is 17.5 Å². The predicted molar refractivity (Wildman–Crippen MR) is 65.1 cm³/mol. The van der Waals surface area contributed by atoms with E-state index in [0.29, 0.717) is 10.7 Å². The lowest BCUT2D eigenvalue weighted by Gasteiger charge is -2.07. The monoisotopic (exact) mass is 302 g/mol. The van der Waals surface area contributed by atoms with Crippen molar-refractivity contribution in [2.75, 3.05) is 12.4 Å². The highest BCUT2D eigenvalue weighted by atomic mass is 19.4. The van der Waals surface area contributed by atoms with Gasteiger partial charge in [-0.2, -0.15) is 23.3 Å². The molecular weight excluding hydrogens is 293 g/mol. The predicted octanol–water partition coefficient (Wildman–Crippen LogP) is 1.94. The zero-order valence-corrected chi connectivity index (χ0v) is 10.8. The number of alkyl halides is 3. The summed E-state index contributed by atoms with van der Waals surface area (Å²) in [5.74, 6) is -0.301. The van der Waals surface area contributed by atoms with Gasteiger partial charge in [0.05, 0.1) is 4.92 Å². The third-order valence-electron chi connectivity index (χ3n) is 2.54. The summed E-state index contributed by atoms with van der Waals surface area (Å²) >= 11 is 0.